The van der Waals surface area contributed by atoms with Crippen molar-refractivity contribution in [3.8, 4) is 5.75 Å². The fraction of sp³-hybridized carbons (Fsp3) is 0.375. The number of rotatable bonds is 6. The molecule has 0 saturated carbocycles. The largest absolute Gasteiger partial charge is 0.495 e. The van der Waals surface area contributed by atoms with Crippen LogP contribution in [0.15, 0.2) is 18.2 Å². The second kappa shape index (κ2) is 7.04. The van der Waals surface area contributed by atoms with Crippen molar-refractivity contribution >= 4 is 29.2 Å². The third kappa shape index (κ3) is 3.94. The maximum Gasteiger partial charge on any atom is 0.229 e. The molecule has 1 fully saturated rings. The summed E-state index contributed by atoms with van der Waals surface area (Å²) < 4.78 is 5.15. The average molecular weight is 318 g/mol. The van der Waals surface area contributed by atoms with Crippen LogP contribution in [0.4, 0.5) is 5.69 Å². The van der Waals surface area contributed by atoms with Gasteiger partial charge in [0.15, 0.2) is 5.78 Å². The summed E-state index contributed by atoms with van der Waals surface area (Å²) in [6, 6.07) is 4.74. The Morgan fingerprint density at radius 2 is 1.87 bits per heavy atom. The minimum atomic E-state index is -0.364. The lowest BCUT2D eigenvalue weighted by Crippen LogP contribution is -2.32. The summed E-state index contributed by atoms with van der Waals surface area (Å²) in [6.07, 6.45) is 0.398. The molecule has 0 aromatic heterocycles. The van der Waals surface area contributed by atoms with Gasteiger partial charge in [0.05, 0.1) is 12.8 Å². The van der Waals surface area contributed by atoms with Crippen molar-refractivity contribution in [2.75, 3.05) is 19.0 Å². The molecule has 0 bridgehead atoms. The molecule has 1 N–H and O–H groups in total. The maximum atomic E-state index is 12.0. The lowest BCUT2D eigenvalue weighted by Gasteiger charge is -2.14. The fourth-order valence-electron chi connectivity index (χ4n) is 2.32. The summed E-state index contributed by atoms with van der Waals surface area (Å²) in [5.41, 5.74) is 0.829. The number of methoxy groups -OCH3 is 1. The molecule has 3 amide bonds. The highest BCUT2D eigenvalue weighted by atomic mass is 16.5. The number of carbonyl (C=O) groups is 4. The summed E-state index contributed by atoms with van der Waals surface area (Å²) in [4.78, 5) is 47.5. The van der Waals surface area contributed by atoms with Crippen LogP contribution >= 0.6 is 0 Å². The minimum Gasteiger partial charge on any atom is -0.495 e. The quantitative estimate of drug-likeness (QED) is 0.632. The molecule has 1 aromatic rings. The van der Waals surface area contributed by atoms with Crippen molar-refractivity contribution in [2.24, 2.45) is 0 Å². The number of imide groups is 1. The molecule has 1 aliphatic heterocycles. The van der Waals surface area contributed by atoms with E-state index in [0.29, 0.717) is 17.0 Å². The Labute approximate surface area is 133 Å². The van der Waals surface area contributed by atoms with Crippen molar-refractivity contribution in [1.29, 1.82) is 0 Å². The van der Waals surface area contributed by atoms with Crippen LogP contribution < -0.4 is 10.1 Å². The summed E-state index contributed by atoms with van der Waals surface area (Å²) in [5, 5.41) is 2.64. The van der Waals surface area contributed by atoms with E-state index in [-0.39, 0.29) is 49.3 Å². The third-order valence-electron chi connectivity index (χ3n) is 3.60. The summed E-state index contributed by atoms with van der Waals surface area (Å²) in [6.45, 7) is 1.48. The monoisotopic (exact) mass is 318 g/mol. The number of hydrogen-bond acceptors (Lipinski definition) is 5. The number of nitrogens with one attached hydrogen (secondary N) is 1. The third-order valence-corrected chi connectivity index (χ3v) is 3.60. The summed E-state index contributed by atoms with van der Waals surface area (Å²) >= 11 is 0. The number of benzene rings is 1. The SMILES string of the molecule is COc1ccc(C(C)=O)cc1NC(=O)CCN1C(=O)CCC1=O. The predicted octanol–water partition coefficient (Wildman–Crippen LogP) is 1.38. The summed E-state index contributed by atoms with van der Waals surface area (Å²) in [5.74, 6) is -0.567. The Hall–Kier alpha value is -2.70. The molecule has 2 rings (SSSR count). The standard InChI is InChI=1S/C16H18N2O5/c1-10(19)11-3-4-13(23-2)12(9-11)17-14(20)7-8-18-15(21)5-6-16(18)22/h3-4,9H,5-8H2,1-2H3,(H,17,20). The predicted molar refractivity (Wildman–Crippen MR) is 82.2 cm³/mol. The van der Waals surface area contributed by atoms with Gasteiger partial charge >= 0.3 is 0 Å². The molecule has 23 heavy (non-hydrogen) atoms. The fourth-order valence-corrected chi connectivity index (χ4v) is 2.32. The molecule has 1 saturated heterocycles. The number of carbonyl (C=O) groups excluding carboxylic acids is 4. The number of Topliss-reactive ketones (excluding diaryl/α,β-unsaturated/α-hetero) is 1. The first kappa shape index (κ1) is 16.7. The first-order valence-electron chi connectivity index (χ1n) is 7.24. The van der Waals surface area contributed by atoms with Crippen molar-refractivity contribution in [1.82, 2.24) is 4.90 Å². The number of ether oxygens (including phenoxy) is 1. The normalized spacial score (nSPS) is 14.1. The molecular formula is C16H18N2O5. The van der Waals surface area contributed by atoms with Gasteiger partial charge in [-0.3, -0.25) is 24.1 Å². The smallest absolute Gasteiger partial charge is 0.229 e. The van der Waals surface area contributed by atoms with E-state index in [1.54, 1.807) is 12.1 Å². The van der Waals surface area contributed by atoms with Crippen molar-refractivity contribution in [3.05, 3.63) is 23.8 Å². The van der Waals surface area contributed by atoms with Crippen LogP contribution in [0.1, 0.15) is 36.5 Å². The van der Waals surface area contributed by atoms with Gasteiger partial charge in [-0.05, 0) is 25.1 Å². The van der Waals surface area contributed by atoms with Crippen molar-refractivity contribution < 1.29 is 23.9 Å². The van der Waals surface area contributed by atoms with Gasteiger partial charge in [0.25, 0.3) is 0 Å². The van der Waals surface area contributed by atoms with E-state index in [1.807, 2.05) is 0 Å². The lowest BCUT2D eigenvalue weighted by molar-refractivity contribution is -0.138. The molecule has 1 heterocycles. The van der Waals surface area contributed by atoms with E-state index in [1.165, 1.54) is 20.1 Å². The Balaban J connectivity index is 2.02. The molecule has 1 aliphatic rings. The van der Waals surface area contributed by atoms with Crippen LogP contribution in [-0.4, -0.2) is 42.1 Å². The maximum absolute atomic E-state index is 12.0. The first-order chi connectivity index (χ1) is 10.9. The van der Waals surface area contributed by atoms with Gasteiger partial charge in [0, 0.05) is 31.4 Å². The molecule has 7 nitrogen and oxygen atoms in total. The number of ketones is 1. The van der Waals surface area contributed by atoms with Crippen LogP contribution in [0.3, 0.4) is 0 Å². The molecule has 1 aromatic carbocycles. The molecule has 0 aliphatic carbocycles. The zero-order valence-electron chi connectivity index (χ0n) is 13.0. The molecule has 122 valence electrons. The highest BCUT2D eigenvalue weighted by Crippen LogP contribution is 2.26. The van der Waals surface area contributed by atoms with Crippen LogP contribution in [0.25, 0.3) is 0 Å². The number of amides is 3. The van der Waals surface area contributed by atoms with Crippen LogP contribution in [0.5, 0.6) is 5.75 Å². The zero-order chi connectivity index (χ0) is 17.0. The van der Waals surface area contributed by atoms with Gasteiger partial charge in [-0.1, -0.05) is 0 Å². The Morgan fingerprint density at radius 3 is 2.43 bits per heavy atom. The van der Waals surface area contributed by atoms with Crippen molar-refractivity contribution in [2.45, 2.75) is 26.2 Å². The van der Waals surface area contributed by atoms with E-state index in [2.05, 4.69) is 5.32 Å². The van der Waals surface area contributed by atoms with E-state index in [0.717, 1.165) is 4.90 Å². The Morgan fingerprint density at radius 1 is 1.22 bits per heavy atom. The van der Waals surface area contributed by atoms with Gasteiger partial charge in [0.1, 0.15) is 5.75 Å². The van der Waals surface area contributed by atoms with Gasteiger partial charge in [-0.15, -0.1) is 0 Å². The molecule has 0 spiro atoms. The van der Waals surface area contributed by atoms with Gasteiger partial charge < -0.3 is 10.1 Å². The lowest BCUT2D eigenvalue weighted by atomic mass is 10.1. The van der Waals surface area contributed by atoms with Gasteiger partial charge in [-0.2, -0.15) is 0 Å². The highest BCUT2D eigenvalue weighted by Gasteiger charge is 2.28. The van der Waals surface area contributed by atoms with E-state index in [9.17, 15) is 19.2 Å². The Bertz CT molecular complexity index is 652. The van der Waals surface area contributed by atoms with Crippen molar-refractivity contribution in [3.63, 3.8) is 0 Å². The van der Waals surface area contributed by atoms with Crippen LogP contribution in [0.2, 0.25) is 0 Å². The highest BCUT2D eigenvalue weighted by molar-refractivity contribution is 6.02. The van der Waals surface area contributed by atoms with Crippen LogP contribution in [-0.2, 0) is 14.4 Å². The minimum absolute atomic E-state index is 0.00899. The molecular weight excluding hydrogens is 300 g/mol. The van der Waals surface area contributed by atoms with Crippen LogP contribution in [0, 0.1) is 0 Å². The average Bonchev–Trinajstić information content (AvgIpc) is 2.83. The number of likely N-dealkylation sites (tertiary alicyclic amines) is 1. The number of hydrogen-bond donors (Lipinski definition) is 1. The van der Waals surface area contributed by atoms with E-state index < -0.39 is 0 Å². The molecule has 0 atom stereocenters. The zero-order valence-corrected chi connectivity index (χ0v) is 13.0. The number of anilines is 1. The second-order valence-electron chi connectivity index (χ2n) is 5.21. The Kier molecular flexibility index (Phi) is 5.10. The summed E-state index contributed by atoms with van der Waals surface area (Å²) in [7, 11) is 1.46. The second-order valence-corrected chi connectivity index (χ2v) is 5.21. The molecule has 7 heteroatoms. The number of nitrogens with zero attached hydrogens (tertiary/aromatic N) is 1. The topological polar surface area (TPSA) is 92.8 Å². The molecule has 0 unspecified atom stereocenters. The van der Waals surface area contributed by atoms with Gasteiger partial charge in [-0.25, -0.2) is 0 Å². The van der Waals surface area contributed by atoms with E-state index >= 15 is 0 Å². The van der Waals surface area contributed by atoms with E-state index in [4.69, 9.17) is 4.74 Å². The first-order valence-corrected chi connectivity index (χ1v) is 7.24. The molecule has 0 radical (unpaired) electrons. The van der Waals surface area contributed by atoms with Gasteiger partial charge in [0.2, 0.25) is 17.7 Å².